The highest BCUT2D eigenvalue weighted by molar-refractivity contribution is 7.13. The zero-order valence-corrected chi connectivity index (χ0v) is 13.5. The summed E-state index contributed by atoms with van der Waals surface area (Å²) in [5.41, 5.74) is 0. The highest BCUT2D eigenvalue weighted by Crippen LogP contribution is 2.21. The van der Waals surface area contributed by atoms with Gasteiger partial charge in [0, 0.05) is 25.9 Å². The molecule has 0 radical (unpaired) electrons. The summed E-state index contributed by atoms with van der Waals surface area (Å²) in [6, 6.07) is 3.89. The molecule has 0 spiro atoms. The van der Waals surface area contributed by atoms with Crippen molar-refractivity contribution in [2.24, 2.45) is 0 Å². The Bertz CT molecular complexity index is 616. The van der Waals surface area contributed by atoms with E-state index >= 15 is 0 Å². The summed E-state index contributed by atoms with van der Waals surface area (Å²) < 4.78 is 10.9. The minimum atomic E-state index is 0.0848. The zero-order chi connectivity index (χ0) is 15.5. The molecule has 2 aromatic heterocycles. The van der Waals surface area contributed by atoms with Gasteiger partial charge in [-0.15, -0.1) is 11.3 Å². The largest absolute Gasteiger partial charge is 0.372 e. The van der Waals surface area contributed by atoms with E-state index in [1.807, 2.05) is 36.3 Å². The van der Waals surface area contributed by atoms with Gasteiger partial charge in [-0.05, 0) is 25.3 Å². The predicted octanol–water partition coefficient (Wildman–Crippen LogP) is 2.37. The molecule has 22 heavy (non-hydrogen) atoms. The molecule has 0 N–H and O–H groups in total. The van der Waals surface area contributed by atoms with E-state index < -0.39 is 0 Å². The molecule has 1 aliphatic heterocycles. The lowest BCUT2D eigenvalue weighted by atomic mass is 10.2. The lowest BCUT2D eigenvalue weighted by Crippen LogP contribution is -2.48. The van der Waals surface area contributed by atoms with Crippen LogP contribution in [0.2, 0.25) is 0 Å². The monoisotopic (exact) mass is 321 g/mol. The number of ether oxygens (including phenoxy) is 1. The van der Waals surface area contributed by atoms with Gasteiger partial charge in [-0.1, -0.05) is 11.2 Å². The van der Waals surface area contributed by atoms with Crippen LogP contribution in [0.3, 0.4) is 0 Å². The fourth-order valence-electron chi connectivity index (χ4n) is 2.62. The Morgan fingerprint density at radius 3 is 2.86 bits per heavy atom. The lowest BCUT2D eigenvalue weighted by molar-refractivity contribution is -0.143. The summed E-state index contributed by atoms with van der Waals surface area (Å²) in [5, 5.41) is 5.92. The Morgan fingerprint density at radius 1 is 1.41 bits per heavy atom. The Morgan fingerprint density at radius 2 is 2.18 bits per heavy atom. The van der Waals surface area contributed by atoms with Crippen LogP contribution in [-0.2, 0) is 16.0 Å². The number of morpholine rings is 1. The zero-order valence-electron chi connectivity index (χ0n) is 12.7. The first-order valence-electron chi connectivity index (χ1n) is 7.41. The topological polar surface area (TPSA) is 68.5 Å². The molecule has 2 unspecified atom stereocenters. The van der Waals surface area contributed by atoms with E-state index in [4.69, 9.17) is 9.26 Å². The second-order valence-electron chi connectivity index (χ2n) is 5.55. The van der Waals surface area contributed by atoms with Crippen LogP contribution >= 0.6 is 11.3 Å². The molecule has 1 aliphatic rings. The van der Waals surface area contributed by atoms with Crippen molar-refractivity contribution in [3.63, 3.8) is 0 Å². The molecule has 0 bridgehead atoms. The highest BCUT2D eigenvalue weighted by Gasteiger charge is 2.25. The van der Waals surface area contributed by atoms with Crippen LogP contribution in [0.25, 0.3) is 10.7 Å². The fraction of sp³-hybridized carbons (Fsp3) is 0.533. The molecule has 1 saturated heterocycles. The first kappa shape index (κ1) is 15.2. The van der Waals surface area contributed by atoms with Gasteiger partial charge < -0.3 is 14.2 Å². The van der Waals surface area contributed by atoms with Crippen LogP contribution in [0.4, 0.5) is 0 Å². The van der Waals surface area contributed by atoms with Gasteiger partial charge in [0.2, 0.25) is 17.6 Å². The van der Waals surface area contributed by atoms with E-state index in [1.165, 1.54) is 0 Å². The Balaban J connectivity index is 1.55. The van der Waals surface area contributed by atoms with E-state index in [1.54, 1.807) is 11.3 Å². The quantitative estimate of drug-likeness (QED) is 0.865. The van der Waals surface area contributed by atoms with Crippen LogP contribution in [-0.4, -0.2) is 46.2 Å². The Kier molecular flexibility index (Phi) is 4.54. The van der Waals surface area contributed by atoms with Crippen molar-refractivity contribution >= 4 is 17.2 Å². The number of rotatable bonds is 4. The molecule has 2 aromatic rings. The molecular weight excluding hydrogens is 302 g/mol. The van der Waals surface area contributed by atoms with Gasteiger partial charge in [-0.2, -0.15) is 4.98 Å². The smallest absolute Gasteiger partial charge is 0.227 e. The van der Waals surface area contributed by atoms with E-state index in [2.05, 4.69) is 10.1 Å². The second-order valence-corrected chi connectivity index (χ2v) is 6.49. The number of aromatic nitrogens is 2. The van der Waals surface area contributed by atoms with Gasteiger partial charge in [-0.3, -0.25) is 4.79 Å². The van der Waals surface area contributed by atoms with Gasteiger partial charge in [0.15, 0.2) is 0 Å². The molecule has 7 heteroatoms. The number of carbonyl (C=O) groups excluding carboxylic acids is 1. The summed E-state index contributed by atoms with van der Waals surface area (Å²) >= 11 is 1.56. The first-order chi connectivity index (χ1) is 10.6. The molecule has 0 aromatic carbocycles. The summed E-state index contributed by atoms with van der Waals surface area (Å²) in [7, 11) is 0. The van der Waals surface area contributed by atoms with Gasteiger partial charge in [0.05, 0.1) is 17.1 Å². The Hall–Kier alpha value is -1.73. The molecule has 1 amide bonds. The number of hydrogen-bond acceptors (Lipinski definition) is 6. The third-order valence-corrected chi connectivity index (χ3v) is 4.40. The maximum absolute atomic E-state index is 12.3. The van der Waals surface area contributed by atoms with E-state index in [9.17, 15) is 4.79 Å². The van der Waals surface area contributed by atoms with Crippen LogP contribution in [0, 0.1) is 0 Å². The van der Waals surface area contributed by atoms with Crippen molar-refractivity contribution in [1.82, 2.24) is 15.0 Å². The predicted molar refractivity (Wildman–Crippen MR) is 82.5 cm³/mol. The molecule has 2 atom stereocenters. The number of thiophene rings is 1. The van der Waals surface area contributed by atoms with E-state index in [0.717, 1.165) is 4.88 Å². The second kappa shape index (κ2) is 6.58. The van der Waals surface area contributed by atoms with Crippen LogP contribution in [0.1, 0.15) is 26.2 Å². The number of aryl methyl sites for hydroxylation is 1. The maximum Gasteiger partial charge on any atom is 0.227 e. The molecule has 0 aliphatic carbocycles. The van der Waals surface area contributed by atoms with E-state index in [-0.39, 0.29) is 18.1 Å². The highest BCUT2D eigenvalue weighted by atomic mass is 32.1. The van der Waals surface area contributed by atoms with Crippen LogP contribution in [0.15, 0.2) is 22.0 Å². The van der Waals surface area contributed by atoms with Crippen molar-refractivity contribution in [1.29, 1.82) is 0 Å². The van der Waals surface area contributed by atoms with E-state index in [0.29, 0.717) is 37.6 Å². The molecule has 118 valence electrons. The van der Waals surface area contributed by atoms with Crippen molar-refractivity contribution in [2.75, 3.05) is 13.1 Å². The molecule has 6 nitrogen and oxygen atoms in total. The summed E-state index contributed by atoms with van der Waals surface area (Å²) in [5.74, 6) is 1.20. The van der Waals surface area contributed by atoms with Gasteiger partial charge in [-0.25, -0.2) is 0 Å². The third-order valence-electron chi connectivity index (χ3n) is 3.53. The number of carbonyl (C=O) groups is 1. The molecule has 3 rings (SSSR count). The average Bonchev–Trinajstić information content (AvgIpc) is 3.14. The van der Waals surface area contributed by atoms with Crippen molar-refractivity contribution < 1.29 is 14.1 Å². The average molecular weight is 321 g/mol. The molecule has 3 heterocycles. The SMILES string of the molecule is CC1CN(C(=O)CCc2nc(-c3cccs3)no2)CC(C)O1. The standard InChI is InChI=1S/C15H19N3O3S/c1-10-8-18(9-11(2)20-10)14(19)6-5-13-16-15(17-21-13)12-4-3-7-22-12/h3-4,7,10-11H,5-6,8-9H2,1-2H3. The molecule has 0 saturated carbocycles. The normalized spacial score (nSPS) is 22.0. The van der Waals surface area contributed by atoms with Gasteiger partial charge >= 0.3 is 0 Å². The Labute approximate surface area is 133 Å². The van der Waals surface area contributed by atoms with Gasteiger partial charge in [0.1, 0.15) is 0 Å². The van der Waals surface area contributed by atoms with Crippen molar-refractivity contribution in [2.45, 2.75) is 38.9 Å². The number of amides is 1. The summed E-state index contributed by atoms with van der Waals surface area (Å²) in [6.45, 7) is 5.27. The minimum Gasteiger partial charge on any atom is -0.372 e. The third kappa shape index (κ3) is 3.53. The van der Waals surface area contributed by atoms with Gasteiger partial charge in [0.25, 0.3) is 0 Å². The maximum atomic E-state index is 12.3. The van der Waals surface area contributed by atoms with Crippen LogP contribution in [0.5, 0.6) is 0 Å². The van der Waals surface area contributed by atoms with Crippen LogP contribution < -0.4 is 0 Å². The molecule has 1 fully saturated rings. The minimum absolute atomic E-state index is 0.0848. The molecular formula is C15H19N3O3S. The fourth-order valence-corrected chi connectivity index (χ4v) is 3.26. The van der Waals surface area contributed by atoms with Crippen molar-refractivity contribution in [3.8, 4) is 10.7 Å². The van der Waals surface area contributed by atoms with Crippen molar-refractivity contribution in [3.05, 3.63) is 23.4 Å². The lowest BCUT2D eigenvalue weighted by Gasteiger charge is -2.35. The number of hydrogen-bond donors (Lipinski definition) is 0. The summed E-state index contributed by atoms with van der Waals surface area (Å²) in [4.78, 5) is 19.4. The first-order valence-corrected chi connectivity index (χ1v) is 8.29. The summed E-state index contributed by atoms with van der Waals surface area (Å²) in [6.07, 6.45) is 1.02. The number of nitrogens with zero attached hydrogens (tertiary/aromatic N) is 3.